The second kappa shape index (κ2) is 6.73. The second-order valence-electron chi connectivity index (χ2n) is 6.19. The van der Waals surface area contributed by atoms with Gasteiger partial charge in [0.1, 0.15) is 6.61 Å². The van der Waals surface area contributed by atoms with Crippen molar-refractivity contribution in [3.63, 3.8) is 0 Å². The normalized spacial score (nSPS) is 12.3. The number of hydrogen-bond donors (Lipinski definition) is 2. The molecule has 130 valence electrons. The Morgan fingerprint density at radius 2 is 1.62 bits per heavy atom. The van der Waals surface area contributed by atoms with E-state index in [1.165, 1.54) is 22.3 Å². The van der Waals surface area contributed by atoms with Gasteiger partial charge in [-0.15, -0.1) is 0 Å². The predicted molar refractivity (Wildman–Crippen MR) is 105 cm³/mol. The third kappa shape index (κ3) is 3.00. The Kier molecular flexibility index (Phi) is 4.27. The number of benzene rings is 3. The van der Waals surface area contributed by atoms with Crippen molar-refractivity contribution >= 4 is 29.1 Å². The van der Waals surface area contributed by atoms with E-state index in [4.69, 9.17) is 22.1 Å². The number of nitrogens with two attached hydrogens (primary N) is 1. The van der Waals surface area contributed by atoms with Crippen LogP contribution in [0.4, 0.5) is 16.2 Å². The zero-order valence-corrected chi connectivity index (χ0v) is 14.7. The Morgan fingerprint density at radius 1 is 1.00 bits per heavy atom. The van der Waals surface area contributed by atoms with Crippen molar-refractivity contribution < 1.29 is 9.53 Å². The number of carbonyl (C=O) groups is 1. The van der Waals surface area contributed by atoms with E-state index in [0.717, 1.165) is 0 Å². The Balaban J connectivity index is 1.49. The highest BCUT2D eigenvalue weighted by molar-refractivity contribution is 6.33. The Hall–Kier alpha value is -2.98. The Labute approximate surface area is 156 Å². The number of ether oxygens (including phenoxy) is 1. The summed E-state index contributed by atoms with van der Waals surface area (Å²) in [4.78, 5) is 12.2. The summed E-state index contributed by atoms with van der Waals surface area (Å²) in [6.45, 7) is 0.267. The van der Waals surface area contributed by atoms with Crippen molar-refractivity contribution in [2.45, 2.75) is 5.92 Å². The van der Waals surface area contributed by atoms with Crippen LogP contribution in [-0.2, 0) is 4.74 Å². The molecule has 0 bridgehead atoms. The third-order valence-corrected chi connectivity index (χ3v) is 4.93. The molecule has 3 aromatic carbocycles. The van der Waals surface area contributed by atoms with Gasteiger partial charge in [-0.2, -0.15) is 0 Å². The fraction of sp³-hybridized carbons (Fsp3) is 0.0952. The molecule has 0 heterocycles. The molecule has 1 aliphatic rings. The van der Waals surface area contributed by atoms with Gasteiger partial charge in [0.15, 0.2) is 0 Å². The van der Waals surface area contributed by atoms with Gasteiger partial charge in [0.05, 0.1) is 10.7 Å². The van der Waals surface area contributed by atoms with Crippen molar-refractivity contribution in [3.05, 3.63) is 82.9 Å². The zero-order chi connectivity index (χ0) is 18.1. The van der Waals surface area contributed by atoms with Crippen molar-refractivity contribution in [1.82, 2.24) is 0 Å². The van der Waals surface area contributed by atoms with Crippen molar-refractivity contribution in [2.75, 3.05) is 17.7 Å². The van der Waals surface area contributed by atoms with Gasteiger partial charge in [0, 0.05) is 11.6 Å². The van der Waals surface area contributed by atoms with Crippen LogP contribution in [-0.4, -0.2) is 12.7 Å². The average molecular weight is 365 g/mol. The maximum atomic E-state index is 12.2. The molecule has 5 heteroatoms. The second-order valence-corrected chi connectivity index (χ2v) is 6.59. The molecule has 4 rings (SSSR count). The fourth-order valence-corrected chi connectivity index (χ4v) is 3.49. The average Bonchev–Trinajstić information content (AvgIpc) is 2.97. The first-order valence-electron chi connectivity index (χ1n) is 8.30. The summed E-state index contributed by atoms with van der Waals surface area (Å²) in [6.07, 6.45) is -0.520. The van der Waals surface area contributed by atoms with E-state index in [1.54, 1.807) is 18.2 Å². The Bertz CT molecular complexity index is 942. The number of halogens is 1. The van der Waals surface area contributed by atoms with Gasteiger partial charge in [-0.3, -0.25) is 5.32 Å². The van der Waals surface area contributed by atoms with Crippen LogP contribution in [0.5, 0.6) is 0 Å². The molecule has 0 radical (unpaired) electrons. The minimum atomic E-state index is -0.520. The van der Waals surface area contributed by atoms with E-state index in [1.807, 2.05) is 24.3 Å². The number of rotatable bonds is 3. The summed E-state index contributed by atoms with van der Waals surface area (Å²) in [5, 5.41) is 3.13. The number of fused-ring (bicyclic) bond motifs is 3. The topological polar surface area (TPSA) is 64.3 Å². The lowest BCUT2D eigenvalue weighted by molar-refractivity contribution is 0.158. The molecule has 1 aliphatic carbocycles. The lowest BCUT2D eigenvalue weighted by atomic mass is 9.98. The van der Waals surface area contributed by atoms with Gasteiger partial charge in [0.2, 0.25) is 0 Å². The van der Waals surface area contributed by atoms with E-state index in [0.29, 0.717) is 16.4 Å². The molecule has 0 fully saturated rings. The van der Waals surface area contributed by atoms with Gasteiger partial charge in [-0.05, 0) is 40.5 Å². The monoisotopic (exact) mass is 364 g/mol. The third-order valence-electron chi connectivity index (χ3n) is 4.59. The first kappa shape index (κ1) is 16.5. The van der Waals surface area contributed by atoms with Crippen LogP contribution in [0, 0.1) is 0 Å². The van der Waals surface area contributed by atoms with Crippen LogP contribution in [0.25, 0.3) is 11.1 Å². The van der Waals surface area contributed by atoms with Crippen molar-refractivity contribution in [1.29, 1.82) is 0 Å². The lowest BCUT2D eigenvalue weighted by Gasteiger charge is -2.14. The lowest BCUT2D eigenvalue weighted by Crippen LogP contribution is -2.18. The number of nitrogen functional groups attached to an aromatic ring is 1. The van der Waals surface area contributed by atoms with Gasteiger partial charge >= 0.3 is 6.09 Å². The smallest absolute Gasteiger partial charge is 0.411 e. The summed E-state index contributed by atoms with van der Waals surface area (Å²) in [5.41, 5.74) is 11.5. The van der Waals surface area contributed by atoms with Crippen LogP contribution < -0.4 is 11.1 Å². The predicted octanol–water partition coefficient (Wildman–Crippen LogP) is 5.28. The minimum absolute atomic E-state index is 0.0310. The minimum Gasteiger partial charge on any atom is -0.448 e. The fourth-order valence-electron chi connectivity index (χ4n) is 3.37. The van der Waals surface area contributed by atoms with E-state index in [9.17, 15) is 4.79 Å². The van der Waals surface area contributed by atoms with Gasteiger partial charge in [-0.25, -0.2) is 4.79 Å². The summed E-state index contributed by atoms with van der Waals surface area (Å²) in [5.74, 6) is 0.0310. The molecule has 0 saturated carbocycles. The highest BCUT2D eigenvalue weighted by atomic mass is 35.5. The first-order valence-corrected chi connectivity index (χ1v) is 8.68. The van der Waals surface area contributed by atoms with Crippen LogP contribution in [0.3, 0.4) is 0 Å². The number of amides is 1. The molecule has 0 saturated heterocycles. The highest BCUT2D eigenvalue weighted by Crippen LogP contribution is 2.44. The summed E-state index contributed by atoms with van der Waals surface area (Å²) in [7, 11) is 0. The maximum Gasteiger partial charge on any atom is 0.411 e. The summed E-state index contributed by atoms with van der Waals surface area (Å²) in [6, 6.07) is 21.4. The maximum absolute atomic E-state index is 12.2. The number of carbonyl (C=O) groups excluding carboxylic acids is 1. The molecule has 0 unspecified atom stereocenters. The van der Waals surface area contributed by atoms with Gasteiger partial charge < -0.3 is 10.5 Å². The molecule has 0 spiro atoms. The number of nitrogens with one attached hydrogen (secondary N) is 1. The molecular weight excluding hydrogens is 348 g/mol. The van der Waals surface area contributed by atoms with E-state index >= 15 is 0 Å². The van der Waals surface area contributed by atoms with E-state index in [-0.39, 0.29) is 12.5 Å². The molecule has 3 aromatic rings. The van der Waals surface area contributed by atoms with E-state index in [2.05, 4.69) is 29.6 Å². The quantitative estimate of drug-likeness (QED) is 0.621. The first-order chi connectivity index (χ1) is 12.6. The molecule has 4 nitrogen and oxygen atoms in total. The molecule has 1 amide bonds. The van der Waals surface area contributed by atoms with Gasteiger partial charge in [-0.1, -0.05) is 60.1 Å². The molecule has 26 heavy (non-hydrogen) atoms. The van der Waals surface area contributed by atoms with Crippen molar-refractivity contribution in [3.8, 4) is 11.1 Å². The Morgan fingerprint density at radius 3 is 2.23 bits per heavy atom. The van der Waals surface area contributed by atoms with Crippen LogP contribution in [0.2, 0.25) is 5.02 Å². The zero-order valence-electron chi connectivity index (χ0n) is 13.9. The largest absolute Gasteiger partial charge is 0.448 e. The van der Waals surface area contributed by atoms with Crippen LogP contribution >= 0.6 is 11.6 Å². The summed E-state index contributed by atoms with van der Waals surface area (Å²) >= 11 is 5.89. The molecule has 0 aromatic heterocycles. The van der Waals surface area contributed by atoms with E-state index < -0.39 is 6.09 Å². The van der Waals surface area contributed by atoms with Gasteiger partial charge in [0.25, 0.3) is 0 Å². The number of hydrogen-bond acceptors (Lipinski definition) is 3. The molecule has 3 N–H and O–H groups in total. The number of anilines is 2. The molecule has 0 aliphatic heterocycles. The van der Waals surface area contributed by atoms with Crippen LogP contribution in [0.1, 0.15) is 17.0 Å². The molecule has 0 atom stereocenters. The van der Waals surface area contributed by atoms with Crippen LogP contribution in [0.15, 0.2) is 66.7 Å². The summed E-state index contributed by atoms with van der Waals surface area (Å²) < 4.78 is 5.49. The van der Waals surface area contributed by atoms with Crippen molar-refractivity contribution in [2.24, 2.45) is 0 Å². The molecular formula is C21H17ClN2O2. The highest BCUT2D eigenvalue weighted by Gasteiger charge is 2.28. The standard InChI is InChI=1S/C21H17ClN2O2/c22-19-10-9-13(11-20(19)23)24-21(25)26-12-18-16-7-3-1-5-14(16)15-6-2-4-8-17(15)18/h1-11,18H,12,23H2,(H,24,25). The SMILES string of the molecule is Nc1cc(NC(=O)OCC2c3ccccc3-c3ccccc32)ccc1Cl.